The van der Waals surface area contributed by atoms with Crippen molar-refractivity contribution in [1.29, 1.82) is 0 Å². The van der Waals surface area contributed by atoms with Crippen LogP contribution in [0.3, 0.4) is 0 Å². The van der Waals surface area contributed by atoms with Crippen molar-refractivity contribution >= 4 is 17.5 Å². The Kier molecular flexibility index (Phi) is 4.28. The van der Waals surface area contributed by atoms with Crippen LogP contribution in [0.2, 0.25) is 0 Å². The van der Waals surface area contributed by atoms with E-state index in [0.717, 1.165) is 44.4 Å². The van der Waals surface area contributed by atoms with Crippen LogP contribution in [0.15, 0.2) is 42.7 Å². The number of amides is 1. The number of rotatable bonds is 3. The fourth-order valence-corrected chi connectivity index (χ4v) is 4.82. The molecule has 6 heteroatoms. The molecule has 0 bridgehead atoms. The third-order valence-corrected chi connectivity index (χ3v) is 6.21. The molecule has 1 amide bonds. The van der Waals surface area contributed by atoms with E-state index in [1.807, 2.05) is 35.5 Å². The van der Waals surface area contributed by atoms with Crippen molar-refractivity contribution in [2.45, 2.75) is 25.3 Å². The minimum atomic E-state index is 0.254. The quantitative estimate of drug-likeness (QED) is 0.835. The molecule has 27 heavy (non-hydrogen) atoms. The number of nitrogens with zero attached hydrogens (tertiary/aromatic N) is 5. The van der Waals surface area contributed by atoms with E-state index in [0.29, 0.717) is 18.4 Å². The fourth-order valence-electron chi connectivity index (χ4n) is 4.82. The molecular weight excluding hydrogens is 338 g/mol. The molecule has 0 unspecified atom stereocenters. The highest BCUT2D eigenvalue weighted by Gasteiger charge is 2.36. The van der Waals surface area contributed by atoms with Crippen LogP contribution in [0.1, 0.15) is 18.4 Å². The van der Waals surface area contributed by atoms with Crippen LogP contribution < -0.4 is 9.80 Å². The van der Waals surface area contributed by atoms with Gasteiger partial charge in [0.25, 0.3) is 0 Å². The molecule has 2 aromatic rings. The molecule has 0 radical (unpaired) electrons. The predicted molar refractivity (Wildman–Crippen MR) is 105 cm³/mol. The number of carbonyl (C=O) groups excluding carboxylic acids is 1. The van der Waals surface area contributed by atoms with E-state index in [2.05, 4.69) is 31.9 Å². The lowest BCUT2D eigenvalue weighted by Gasteiger charge is -2.46. The number of fused-ring (bicyclic) bond motifs is 2. The molecule has 3 aliphatic rings. The summed E-state index contributed by atoms with van der Waals surface area (Å²) in [6.45, 7) is 4.95. The lowest BCUT2D eigenvalue weighted by Crippen LogP contribution is -2.57. The average molecular weight is 363 g/mol. The largest absolute Gasteiger partial charge is 0.338 e. The van der Waals surface area contributed by atoms with Crippen LogP contribution in [0, 0.1) is 5.92 Å². The number of benzene rings is 1. The van der Waals surface area contributed by atoms with Gasteiger partial charge in [0, 0.05) is 56.8 Å². The van der Waals surface area contributed by atoms with Gasteiger partial charge >= 0.3 is 0 Å². The van der Waals surface area contributed by atoms with Crippen molar-refractivity contribution in [3.63, 3.8) is 0 Å². The van der Waals surface area contributed by atoms with Crippen molar-refractivity contribution in [3.8, 4) is 0 Å². The highest BCUT2D eigenvalue weighted by Crippen LogP contribution is 2.32. The second-order valence-electron chi connectivity index (χ2n) is 7.90. The summed E-state index contributed by atoms with van der Waals surface area (Å²) in [5.74, 6) is 1.65. The Balaban J connectivity index is 1.22. The highest BCUT2D eigenvalue weighted by atomic mass is 16.2. The molecule has 6 nitrogen and oxygen atoms in total. The maximum Gasteiger partial charge on any atom is 0.231 e. The number of anilines is 2. The summed E-state index contributed by atoms with van der Waals surface area (Å²) < 4.78 is 0. The number of hydrogen-bond donors (Lipinski definition) is 0. The van der Waals surface area contributed by atoms with E-state index < -0.39 is 0 Å². The van der Waals surface area contributed by atoms with Gasteiger partial charge in [-0.05, 0) is 36.5 Å². The van der Waals surface area contributed by atoms with Gasteiger partial charge in [-0.15, -0.1) is 0 Å². The predicted octanol–water partition coefficient (Wildman–Crippen LogP) is 1.97. The Morgan fingerprint density at radius 3 is 2.74 bits per heavy atom. The van der Waals surface area contributed by atoms with E-state index in [4.69, 9.17) is 0 Å². The average Bonchev–Trinajstić information content (AvgIpc) is 3.03. The summed E-state index contributed by atoms with van der Waals surface area (Å²) in [6.07, 6.45) is 6.54. The Bertz CT molecular complexity index is 826. The normalized spacial score (nSPS) is 25.4. The molecule has 1 aromatic carbocycles. The zero-order valence-corrected chi connectivity index (χ0v) is 15.5. The zero-order valence-electron chi connectivity index (χ0n) is 15.5. The number of carbonyl (C=O) groups is 1. The van der Waals surface area contributed by atoms with Gasteiger partial charge in [-0.2, -0.15) is 0 Å². The van der Waals surface area contributed by atoms with Crippen LogP contribution in [-0.2, 0) is 11.2 Å². The molecule has 0 spiro atoms. The fraction of sp³-hybridized carbons (Fsp3) is 0.476. The molecule has 3 aliphatic heterocycles. The number of aromatic nitrogens is 2. The summed E-state index contributed by atoms with van der Waals surface area (Å²) in [7, 11) is 0. The Morgan fingerprint density at radius 1 is 1.00 bits per heavy atom. The summed E-state index contributed by atoms with van der Waals surface area (Å²) in [4.78, 5) is 28.2. The molecule has 0 saturated carbocycles. The van der Waals surface area contributed by atoms with E-state index >= 15 is 0 Å². The minimum absolute atomic E-state index is 0.254. The smallest absolute Gasteiger partial charge is 0.231 e. The summed E-state index contributed by atoms with van der Waals surface area (Å²) in [5, 5.41) is 0. The van der Waals surface area contributed by atoms with Crippen molar-refractivity contribution in [2.75, 3.05) is 42.5 Å². The van der Waals surface area contributed by atoms with Crippen LogP contribution in [-0.4, -0.2) is 59.5 Å². The second-order valence-corrected chi connectivity index (χ2v) is 7.90. The van der Waals surface area contributed by atoms with Crippen molar-refractivity contribution < 1.29 is 4.79 Å². The third-order valence-electron chi connectivity index (χ3n) is 6.21. The lowest BCUT2D eigenvalue weighted by atomic mass is 9.90. The molecule has 5 rings (SSSR count). The van der Waals surface area contributed by atoms with Gasteiger partial charge in [-0.25, -0.2) is 9.97 Å². The molecule has 4 heterocycles. The number of piperazine rings is 1. The van der Waals surface area contributed by atoms with Crippen LogP contribution >= 0.6 is 0 Å². The Morgan fingerprint density at radius 2 is 1.85 bits per heavy atom. The highest BCUT2D eigenvalue weighted by molar-refractivity contribution is 6.01. The first-order chi connectivity index (χ1) is 13.3. The molecule has 1 aromatic heterocycles. The SMILES string of the molecule is O=C1Cc2ccccc2N1C[C@@H]1CC[C@H]2CN(c3ncccn3)CCN2C1. The van der Waals surface area contributed by atoms with Crippen molar-refractivity contribution in [1.82, 2.24) is 14.9 Å². The van der Waals surface area contributed by atoms with E-state index in [1.54, 1.807) is 0 Å². The zero-order chi connectivity index (χ0) is 18.2. The van der Waals surface area contributed by atoms with Gasteiger partial charge in [0.2, 0.25) is 11.9 Å². The lowest BCUT2D eigenvalue weighted by molar-refractivity contribution is -0.117. The van der Waals surface area contributed by atoms with Gasteiger partial charge in [-0.1, -0.05) is 18.2 Å². The summed E-state index contributed by atoms with van der Waals surface area (Å²) >= 11 is 0. The summed E-state index contributed by atoms with van der Waals surface area (Å²) in [5.41, 5.74) is 2.29. The van der Waals surface area contributed by atoms with E-state index in [-0.39, 0.29) is 5.91 Å². The Hall–Kier alpha value is -2.47. The standard InChI is InChI=1S/C21H25N5O/c27-20-12-17-4-1-2-5-19(17)26(20)14-16-6-7-18-15-25(11-10-24(18)13-16)21-22-8-3-9-23-21/h1-5,8-9,16,18H,6-7,10-15H2/t16-,18+/m1/s1. The molecule has 2 fully saturated rings. The molecule has 2 saturated heterocycles. The molecule has 140 valence electrons. The third kappa shape index (κ3) is 3.18. The van der Waals surface area contributed by atoms with E-state index in [1.165, 1.54) is 18.4 Å². The van der Waals surface area contributed by atoms with Crippen LogP contribution in [0.4, 0.5) is 11.6 Å². The number of hydrogen-bond acceptors (Lipinski definition) is 5. The van der Waals surface area contributed by atoms with Crippen molar-refractivity contribution in [2.24, 2.45) is 5.92 Å². The van der Waals surface area contributed by atoms with Gasteiger partial charge in [0.15, 0.2) is 0 Å². The van der Waals surface area contributed by atoms with Gasteiger partial charge in [-0.3, -0.25) is 9.69 Å². The van der Waals surface area contributed by atoms with Gasteiger partial charge in [0.05, 0.1) is 6.42 Å². The summed E-state index contributed by atoms with van der Waals surface area (Å²) in [6, 6.07) is 10.7. The topological polar surface area (TPSA) is 52.6 Å². The molecule has 0 N–H and O–H groups in total. The van der Waals surface area contributed by atoms with E-state index in [9.17, 15) is 4.79 Å². The first-order valence-electron chi connectivity index (χ1n) is 9.92. The maximum absolute atomic E-state index is 12.5. The molecular formula is C21H25N5O. The molecule has 0 aliphatic carbocycles. The van der Waals surface area contributed by atoms with Gasteiger partial charge < -0.3 is 9.80 Å². The first kappa shape index (κ1) is 16.7. The van der Waals surface area contributed by atoms with Gasteiger partial charge in [0.1, 0.15) is 0 Å². The Labute approximate surface area is 159 Å². The van der Waals surface area contributed by atoms with Crippen molar-refractivity contribution in [3.05, 3.63) is 48.3 Å². The number of para-hydroxylation sites is 1. The second kappa shape index (κ2) is 6.93. The van der Waals surface area contributed by atoms with Crippen LogP contribution in [0.25, 0.3) is 0 Å². The maximum atomic E-state index is 12.5. The van der Waals surface area contributed by atoms with Crippen LogP contribution in [0.5, 0.6) is 0 Å². The number of piperidine rings is 1. The minimum Gasteiger partial charge on any atom is -0.338 e. The monoisotopic (exact) mass is 363 g/mol. The first-order valence-corrected chi connectivity index (χ1v) is 9.92. The molecule has 2 atom stereocenters.